The van der Waals surface area contributed by atoms with Gasteiger partial charge in [-0.15, -0.1) is 5.10 Å². The van der Waals surface area contributed by atoms with Gasteiger partial charge in [0.15, 0.2) is 11.5 Å². The molecule has 128 valence electrons. The maximum Gasteiger partial charge on any atom is 0.342 e. The highest BCUT2D eigenvalue weighted by molar-refractivity contribution is 9.10. The number of aromatic nitrogens is 3. The van der Waals surface area contributed by atoms with Crippen molar-refractivity contribution in [2.75, 3.05) is 13.7 Å². The van der Waals surface area contributed by atoms with Gasteiger partial charge in [-0.05, 0) is 65.3 Å². The number of aliphatic carboxylic acids is 1. The quantitative estimate of drug-likeness (QED) is 0.529. The summed E-state index contributed by atoms with van der Waals surface area (Å²) in [6.45, 7) is 4.07. The predicted octanol–water partition coefficient (Wildman–Crippen LogP) is 3.50. The van der Waals surface area contributed by atoms with E-state index in [2.05, 4.69) is 31.1 Å². The molecule has 2 aromatic rings. The van der Waals surface area contributed by atoms with Gasteiger partial charge in [0.25, 0.3) is 0 Å². The molecule has 0 spiro atoms. The van der Waals surface area contributed by atoms with Crippen LogP contribution in [0.5, 0.6) is 11.5 Å². The summed E-state index contributed by atoms with van der Waals surface area (Å²) in [6.07, 6.45) is 1.53. The smallest absolute Gasteiger partial charge is 0.342 e. The van der Waals surface area contributed by atoms with E-state index in [-0.39, 0.29) is 4.91 Å². The number of ether oxygens (including phenoxy) is 2. The SMILES string of the molecule is CCOc1cc(/C=C(\Sc2n[nH]c(C)n2)C(=O)O)cc(Br)c1OC. The zero-order valence-corrected chi connectivity index (χ0v) is 15.7. The minimum Gasteiger partial charge on any atom is -0.492 e. The van der Waals surface area contributed by atoms with Crippen molar-refractivity contribution in [2.24, 2.45) is 0 Å². The molecule has 0 saturated carbocycles. The van der Waals surface area contributed by atoms with Crippen LogP contribution in [-0.2, 0) is 4.79 Å². The summed E-state index contributed by atoms with van der Waals surface area (Å²) >= 11 is 4.38. The van der Waals surface area contributed by atoms with Crippen molar-refractivity contribution < 1.29 is 19.4 Å². The summed E-state index contributed by atoms with van der Waals surface area (Å²) in [7, 11) is 1.54. The first-order valence-corrected chi connectivity index (χ1v) is 8.57. The highest BCUT2D eigenvalue weighted by atomic mass is 79.9. The Bertz CT molecular complexity index is 776. The third-order valence-corrected chi connectivity index (χ3v) is 4.29. The molecule has 0 aliphatic heterocycles. The van der Waals surface area contributed by atoms with E-state index in [1.807, 2.05) is 6.92 Å². The molecule has 0 saturated heterocycles. The molecule has 1 aromatic heterocycles. The molecule has 0 amide bonds. The molecule has 2 N–H and O–H groups in total. The zero-order valence-electron chi connectivity index (χ0n) is 13.3. The van der Waals surface area contributed by atoms with Crippen molar-refractivity contribution in [3.05, 3.63) is 32.9 Å². The molecule has 0 unspecified atom stereocenters. The fraction of sp³-hybridized carbons (Fsp3) is 0.267. The van der Waals surface area contributed by atoms with Gasteiger partial charge in [-0.3, -0.25) is 5.10 Å². The zero-order chi connectivity index (χ0) is 17.7. The molecule has 1 aromatic carbocycles. The van der Waals surface area contributed by atoms with Crippen LogP contribution in [0.2, 0.25) is 0 Å². The fourth-order valence-electron chi connectivity index (χ4n) is 1.88. The number of thioether (sulfide) groups is 1. The number of carbonyl (C=O) groups is 1. The van der Waals surface area contributed by atoms with Gasteiger partial charge in [0, 0.05) is 0 Å². The van der Waals surface area contributed by atoms with E-state index in [0.717, 1.165) is 11.8 Å². The van der Waals surface area contributed by atoms with Gasteiger partial charge in [0.1, 0.15) is 10.7 Å². The van der Waals surface area contributed by atoms with Crippen molar-refractivity contribution >= 4 is 39.7 Å². The number of aryl methyl sites for hydroxylation is 1. The lowest BCUT2D eigenvalue weighted by atomic mass is 10.2. The van der Waals surface area contributed by atoms with Gasteiger partial charge in [0.2, 0.25) is 5.16 Å². The summed E-state index contributed by atoms with van der Waals surface area (Å²) in [5.74, 6) is 0.646. The molecule has 0 fully saturated rings. The number of halogens is 1. The summed E-state index contributed by atoms with van der Waals surface area (Å²) in [5.41, 5.74) is 0.656. The topological polar surface area (TPSA) is 97.3 Å². The third-order valence-electron chi connectivity index (χ3n) is 2.82. The van der Waals surface area contributed by atoms with E-state index < -0.39 is 5.97 Å². The molecule has 0 radical (unpaired) electrons. The number of rotatable bonds is 7. The number of hydrogen-bond donors (Lipinski definition) is 2. The first-order valence-electron chi connectivity index (χ1n) is 6.96. The van der Waals surface area contributed by atoms with Crippen molar-refractivity contribution in [3.8, 4) is 11.5 Å². The molecule has 7 nitrogen and oxygen atoms in total. The van der Waals surface area contributed by atoms with E-state index in [4.69, 9.17) is 9.47 Å². The average molecular weight is 414 g/mol. The summed E-state index contributed by atoms with van der Waals surface area (Å²) < 4.78 is 11.5. The normalized spacial score (nSPS) is 11.4. The van der Waals surface area contributed by atoms with E-state index >= 15 is 0 Å². The number of carboxylic acids is 1. The number of hydrogen-bond acceptors (Lipinski definition) is 6. The molecule has 24 heavy (non-hydrogen) atoms. The minimum absolute atomic E-state index is 0.0912. The van der Waals surface area contributed by atoms with Crippen molar-refractivity contribution in [3.63, 3.8) is 0 Å². The number of H-pyrrole nitrogens is 1. The Kier molecular flexibility index (Phi) is 6.27. The molecule has 1 heterocycles. The first-order chi connectivity index (χ1) is 11.4. The van der Waals surface area contributed by atoms with Crippen LogP contribution in [0.1, 0.15) is 18.3 Å². The largest absolute Gasteiger partial charge is 0.492 e. The van der Waals surface area contributed by atoms with Crippen LogP contribution in [0.3, 0.4) is 0 Å². The molecule has 0 bridgehead atoms. The standard InChI is InChI=1S/C15H16BrN3O4S/c1-4-23-11-6-9(5-10(16)13(11)22-3)7-12(14(20)21)24-15-17-8(2)18-19-15/h5-7H,4H2,1-3H3,(H,20,21)(H,17,18,19)/b12-7-. The average Bonchev–Trinajstić information content (AvgIpc) is 2.92. The molecule has 9 heteroatoms. The van der Waals surface area contributed by atoms with Crippen LogP contribution in [0.4, 0.5) is 0 Å². The molecule has 0 aliphatic carbocycles. The molecule has 2 rings (SSSR count). The van der Waals surface area contributed by atoms with Crippen LogP contribution in [0.25, 0.3) is 6.08 Å². The maximum atomic E-state index is 11.5. The Labute approximate surface area is 151 Å². The first kappa shape index (κ1) is 18.3. The highest BCUT2D eigenvalue weighted by Crippen LogP contribution is 2.38. The fourth-order valence-corrected chi connectivity index (χ4v) is 3.26. The number of nitrogens with zero attached hydrogens (tertiary/aromatic N) is 2. The Hall–Kier alpha value is -2.00. The van der Waals surface area contributed by atoms with E-state index in [1.54, 1.807) is 26.2 Å². The molecule has 0 aliphatic rings. The van der Waals surface area contributed by atoms with E-state index in [0.29, 0.717) is 39.1 Å². The third kappa shape index (κ3) is 4.51. The van der Waals surface area contributed by atoms with Gasteiger partial charge in [0.05, 0.1) is 18.2 Å². The van der Waals surface area contributed by atoms with Gasteiger partial charge in [-0.1, -0.05) is 0 Å². The number of carboxylic acid groups (broad SMARTS) is 1. The molecule has 0 atom stereocenters. The monoisotopic (exact) mass is 413 g/mol. The predicted molar refractivity (Wildman–Crippen MR) is 94.5 cm³/mol. The van der Waals surface area contributed by atoms with Crippen LogP contribution in [-0.4, -0.2) is 40.0 Å². The van der Waals surface area contributed by atoms with Crippen LogP contribution < -0.4 is 9.47 Å². The van der Waals surface area contributed by atoms with Gasteiger partial charge in [-0.2, -0.15) is 0 Å². The number of methoxy groups -OCH3 is 1. The Morgan fingerprint density at radius 3 is 2.79 bits per heavy atom. The van der Waals surface area contributed by atoms with Crippen LogP contribution in [0.15, 0.2) is 26.7 Å². The second-order valence-corrected chi connectivity index (χ2v) is 6.45. The Balaban J connectivity index is 2.39. The molecular weight excluding hydrogens is 398 g/mol. The molecular formula is C15H16BrN3O4S. The van der Waals surface area contributed by atoms with Gasteiger partial charge < -0.3 is 14.6 Å². The van der Waals surface area contributed by atoms with Gasteiger partial charge in [-0.25, -0.2) is 9.78 Å². The summed E-state index contributed by atoms with van der Waals surface area (Å²) in [6, 6.07) is 3.48. The summed E-state index contributed by atoms with van der Waals surface area (Å²) in [5, 5.41) is 16.4. The lowest BCUT2D eigenvalue weighted by Gasteiger charge is -2.12. The van der Waals surface area contributed by atoms with Crippen LogP contribution in [0, 0.1) is 6.92 Å². The van der Waals surface area contributed by atoms with Crippen molar-refractivity contribution in [1.29, 1.82) is 0 Å². The lowest BCUT2D eigenvalue weighted by Crippen LogP contribution is -1.99. The number of nitrogens with one attached hydrogen (secondary N) is 1. The number of aromatic amines is 1. The van der Waals surface area contributed by atoms with Gasteiger partial charge >= 0.3 is 5.97 Å². The second kappa shape index (κ2) is 8.20. The van der Waals surface area contributed by atoms with Crippen LogP contribution >= 0.6 is 27.7 Å². The van der Waals surface area contributed by atoms with Crippen molar-refractivity contribution in [2.45, 2.75) is 19.0 Å². The highest BCUT2D eigenvalue weighted by Gasteiger charge is 2.15. The maximum absolute atomic E-state index is 11.5. The number of benzene rings is 1. The van der Waals surface area contributed by atoms with E-state index in [9.17, 15) is 9.90 Å². The summed E-state index contributed by atoms with van der Waals surface area (Å²) in [4.78, 5) is 15.7. The van der Waals surface area contributed by atoms with E-state index in [1.165, 1.54) is 6.08 Å². The Morgan fingerprint density at radius 1 is 1.50 bits per heavy atom. The minimum atomic E-state index is -1.06. The lowest BCUT2D eigenvalue weighted by molar-refractivity contribution is -0.131. The Morgan fingerprint density at radius 2 is 2.25 bits per heavy atom. The van der Waals surface area contributed by atoms with Crippen molar-refractivity contribution in [1.82, 2.24) is 15.2 Å². The second-order valence-electron chi connectivity index (χ2n) is 4.59.